The van der Waals surface area contributed by atoms with Crippen molar-refractivity contribution < 1.29 is 22.4 Å². The number of nitrogens with zero attached hydrogens (tertiary/aromatic N) is 5. The first-order valence-electron chi connectivity index (χ1n) is 9.81. The first-order valence-corrected chi connectivity index (χ1v) is 9.81. The highest BCUT2D eigenvalue weighted by molar-refractivity contribution is 5.89. The van der Waals surface area contributed by atoms with E-state index in [9.17, 15) is 22.4 Å². The van der Waals surface area contributed by atoms with E-state index in [0.29, 0.717) is 24.4 Å². The van der Waals surface area contributed by atoms with Crippen LogP contribution in [0.5, 0.6) is 0 Å². The largest absolute Gasteiger partial charge is 0.348 e. The number of benzene rings is 1. The van der Waals surface area contributed by atoms with Gasteiger partial charge in [-0.25, -0.2) is 27.3 Å². The smallest absolute Gasteiger partial charge is 0.323 e. The van der Waals surface area contributed by atoms with Crippen molar-refractivity contribution in [3.05, 3.63) is 53.7 Å². The third-order valence-electron chi connectivity index (χ3n) is 5.58. The fourth-order valence-corrected chi connectivity index (χ4v) is 4.08. The average molecular weight is 434 g/mol. The molecule has 3 aromatic rings. The minimum atomic E-state index is -2.86. The van der Waals surface area contributed by atoms with E-state index in [1.807, 2.05) is 4.90 Å². The van der Waals surface area contributed by atoms with Crippen LogP contribution in [0.15, 0.2) is 36.5 Å². The van der Waals surface area contributed by atoms with Crippen LogP contribution in [0.4, 0.5) is 34.0 Å². The number of hydrogen-bond donors (Lipinski definition) is 1. The lowest BCUT2D eigenvalue weighted by Crippen LogP contribution is -2.59. The normalized spacial score (nSPS) is 20.2. The summed E-state index contributed by atoms with van der Waals surface area (Å²) in [6.07, 6.45) is 2.80. The van der Waals surface area contributed by atoms with E-state index in [-0.39, 0.29) is 17.4 Å². The highest BCUT2D eigenvalue weighted by atomic mass is 19.3. The minimum absolute atomic E-state index is 0.227. The second kappa shape index (κ2) is 7.10. The fourth-order valence-electron chi connectivity index (χ4n) is 4.08. The Bertz CT molecular complexity index is 1160. The molecule has 0 aliphatic carbocycles. The van der Waals surface area contributed by atoms with Crippen LogP contribution in [-0.2, 0) is 0 Å². The monoisotopic (exact) mass is 434 g/mol. The van der Waals surface area contributed by atoms with Crippen LogP contribution in [0.3, 0.4) is 0 Å². The van der Waals surface area contributed by atoms with Gasteiger partial charge < -0.3 is 9.80 Å². The summed E-state index contributed by atoms with van der Waals surface area (Å²) < 4.78 is 55.5. The molecule has 162 valence electrons. The molecule has 7 nitrogen and oxygen atoms in total. The summed E-state index contributed by atoms with van der Waals surface area (Å²) in [5, 5.41) is 7.06. The van der Waals surface area contributed by atoms with Crippen LogP contribution in [0.25, 0.3) is 5.65 Å². The van der Waals surface area contributed by atoms with Crippen molar-refractivity contribution >= 4 is 23.3 Å². The number of carbonyl (C=O) groups excluding carboxylic acids is 1. The first-order chi connectivity index (χ1) is 14.8. The Labute approximate surface area is 174 Å². The van der Waals surface area contributed by atoms with Gasteiger partial charge in [0, 0.05) is 12.1 Å². The molecule has 2 aromatic heterocycles. The van der Waals surface area contributed by atoms with Gasteiger partial charge in [-0.05, 0) is 43.2 Å². The van der Waals surface area contributed by atoms with Gasteiger partial charge in [0.05, 0.1) is 25.3 Å². The molecule has 31 heavy (non-hydrogen) atoms. The van der Waals surface area contributed by atoms with E-state index < -0.39 is 36.7 Å². The predicted molar refractivity (Wildman–Crippen MR) is 104 cm³/mol. The van der Waals surface area contributed by atoms with Crippen LogP contribution < -0.4 is 10.2 Å². The van der Waals surface area contributed by atoms with Crippen molar-refractivity contribution in [2.75, 3.05) is 29.9 Å². The number of rotatable bonds is 3. The van der Waals surface area contributed by atoms with Crippen molar-refractivity contribution in [2.45, 2.75) is 24.8 Å². The van der Waals surface area contributed by atoms with E-state index in [4.69, 9.17) is 0 Å². The van der Waals surface area contributed by atoms with Crippen LogP contribution in [-0.4, -0.2) is 51.1 Å². The number of halogens is 4. The third-order valence-corrected chi connectivity index (χ3v) is 5.58. The number of urea groups is 1. The molecule has 1 N–H and O–H groups in total. The number of alkyl halides is 2. The third kappa shape index (κ3) is 3.53. The SMILES string of the molecule is O=C(Nc1cnc2ccc(N3CCC[C@@H]3c3cc(F)ccc3F)nn12)N1CC(F)(F)C1. The Morgan fingerprint density at radius 3 is 2.74 bits per heavy atom. The Hall–Kier alpha value is -3.37. The van der Waals surface area contributed by atoms with Crippen molar-refractivity contribution in [3.63, 3.8) is 0 Å². The second-order valence-corrected chi connectivity index (χ2v) is 7.76. The minimum Gasteiger partial charge on any atom is -0.348 e. The molecule has 1 aromatic carbocycles. The number of carbonyl (C=O) groups is 1. The number of fused-ring (bicyclic) bond motifs is 1. The Morgan fingerprint density at radius 1 is 1.16 bits per heavy atom. The molecule has 4 heterocycles. The van der Waals surface area contributed by atoms with Crippen LogP contribution in [0.1, 0.15) is 24.4 Å². The zero-order valence-electron chi connectivity index (χ0n) is 16.2. The Balaban J connectivity index is 1.42. The fraction of sp³-hybridized carbons (Fsp3) is 0.350. The van der Waals surface area contributed by atoms with Gasteiger partial charge in [0.1, 0.15) is 17.5 Å². The second-order valence-electron chi connectivity index (χ2n) is 7.76. The van der Waals surface area contributed by atoms with E-state index in [2.05, 4.69) is 15.4 Å². The Kier molecular flexibility index (Phi) is 4.49. The molecule has 2 fully saturated rings. The van der Waals surface area contributed by atoms with Crippen LogP contribution in [0.2, 0.25) is 0 Å². The summed E-state index contributed by atoms with van der Waals surface area (Å²) in [5.74, 6) is -3.13. The first kappa shape index (κ1) is 19.6. The molecule has 0 unspecified atom stereocenters. The predicted octanol–water partition coefficient (Wildman–Crippen LogP) is 3.83. The lowest BCUT2D eigenvalue weighted by Gasteiger charge is -2.38. The molecule has 2 saturated heterocycles. The van der Waals surface area contributed by atoms with Crippen LogP contribution in [0, 0.1) is 11.6 Å². The Morgan fingerprint density at radius 2 is 1.97 bits per heavy atom. The average Bonchev–Trinajstić information content (AvgIpc) is 3.35. The van der Waals surface area contributed by atoms with E-state index in [1.54, 1.807) is 12.1 Å². The van der Waals surface area contributed by atoms with Crippen molar-refractivity contribution in [3.8, 4) is 0 Å². The topological polar surface area (TPSA) is 65.8 Å². The van der Waals surface area contributed by atoms with Gasteiger partial charge in [0.25, 0.3) is 5.92 Å². The van der Waals surface area contributed by atoms with E-state index in [1.165, 1.54) is 16.8 Å². The van der Waals surface area contributed by atoms with Gasteiger partial charge >= 0.3 is 6.03 Å². The van der Waals surface area contributed by atoms with Gasteiger partial charge in [-0.3, -0.25) is 5.32 Å². The molecule has 5 rings (SSSR count). The number of hydrogen-bond acceptors (Lipinski definition) is 4. The molecule has 0 spiro atoms. The van der Waals surface area contributed by atoms with Gasteiger partial charge in [-0.2, -0.15) is 4.52 Å². The van der Waals surface area contributed by atoms with E-state index in [0.717, 1.165) is 23.5 Å². The highest BCUT2D eigenvalue weighted by Crippen LogP contribution is 2.37. The maximum atomic E-state index is 14.4. The lowest BCUT2D eigenvalue weighted by atomic mass is 10.0. The summed E-state index contributed by atoms with van der Waals surface area (Å²) >= 11 is 0. The van der Waals surface area contributed by atoms with Crippen molar-refractivity contribution in [1.29, 1.82) is 0 Å². The van der Waals surface area contributed by atoms with Crippen molar-refractivity contribution in [1.82, 2.24) is 19.5 Å². The summed E-state index contributed by atoms with van der Waals surface area (Å²) in [6, 6.07) is 5.75. The zero-order valence-corrected chi connectivity index (χ0v) is 16.2. The molecule has 1 atom stereocenters. The summed E-state index contributed by atoms with van der Waals surface area (Å²) in [4.78, 5) is 19.2. The van der Waals surface area contributed by atoms with Crippen molar-refractivity contribution in [2.24, 2.45) is 0 Å². The molecule has 2 amide bonds. The number of imidazole rings is 1. The molecular weight excluding hydrogens is 416 g/mol. The maximum absolute atomic E-state index is 14.4. The highest BCUT2D eigenvalue weighted by Gasteiger charge is 2.46. The number of amides is 2. The molecule has 0 radical (unpaired) electrons. The van der Waals surface area contributed by atoms with Gasteiger partial charge in [0.2, 0.25) is 0 Å². The molecule has 0 saturated carbocycles. The summed E-state index contributed by atoms with van der Waals surface area (Å²) in [7, 11) is 0. The zero-order chi connectivity index (χ0) is 21.8. The lowest BCUT2D eigenvalue weighted by molar-refractivity contribution is -0.107. The summed E-state index contributed by atoms with van der Waals surface area (Å²) in [5.41, 5.74) is 0.706. The standard InChI is InChI=1S/C20H18F4N6O/c21-12-3-4-14(22)13(8-12)15-2-1-7-29(15)17-6-5-16-25-9-18(30(16)27-17)26-19(31)28-10-20(23,24)11-28/h3-6,8-9,15H,1-2,7,10-11H2,(H,26,31)/t15-/m1/s1. The molecule has 2 aliphatic heterocycles. The quantitative estimate of drug-likeness (QED) is 0.637. The summed E-state index contributed by atoms with van der Waals surface area (Å²) in [6.45, 7) is -0.676. The number of aromatic nitrogens is 3. The molecule has 0 bridgehead atoms. The molecular formula is C20H18F4N6O. The van der Waals surface area contributed by atoms with Gasteiger partial charge in [-0.1, -0.05) is 0 Å². The maximum Gasteiger partial charge on any atom is 0.323 e. The van der Waals surface area contributed by atoms with Gasteiger partial charge in [0.15, 0.2) is 11.5 Å². The van der Waals surface area contributed by atoms with Crippen LogP contribution >= 0.6 is 0 Å². The molecule has 11 heteroatoms. The number of likely N-dealkylation sites (tertiary alicyclic amines) is 1. The van der Waals surface area contributed by atoms with E-state index >= 15 is 0 Å². The number of nitrogens with one attached hydrogen (secondary N) is 1. The van der Waals surface area contributed by atoms with Gasteiger partial charge in [-0.15, -0.1) is 5.10 Å². The number of anilines is 2. The molecule has 2 aliphatic rings.